The van der Waals surface area contributed by atoms with Gasteiger partial charge in [-0.25, -0.2) is 9.78 Å². The molecule has 0 fully saturated rings. The highest BCUT2D eigenvalue weighted by molar-refractivity contribution is 6.00. The molecule has 0 saturated heterocycles. The van der Waals surface area contributed by atoms with Crippen LogP contribution in [-0.2, 0) is 20.6 Å². The summed E-state index contributed by atoms with van der Waals surface area (Å²) < 4.78 is 4.40. The highest BCUT2D eigenvalue weighted by Crippen LogP contribution is 2.27. The first-order valence-electron chi connectivity index (χ1n) is 9.48. The zero-order valence-corrected chi connectivity index (χ0v) is 16.5. The van der Waals surface area contributed by atoms with Gasteiger partial charge in [0.2, 0.25) is 5.65 Å². The molecule has 5 rings (SSSR count). The Kier molecular flexibility index (Phi) is 4.06. The van der Waals surface area contributed by atoms with Gasteiger partial charge in [0.15, 0.2) is 5.65 Å². The monoisotopic (exact) mass is 398 g/mol. The van der Waals surface area contributed by atoms with Crippen LogP contribution in [0.15, 0.2) is 70.3 Å². The fourth-order valence-electron chi connectivity index (χ4n) is 3.74. The molecule has 8 nitrogen and oxygen atoms in total. The van der Waals surface area contributed by atoms with Crippen molar-refractivity contribution in [2.75, 3.05) is 0 Å². The summed E-state index contributed by atoms with van der Waals surface area (Å²) in [4.78, 5) is 30.2. The van der Waals surface area contributed by atoms with Crippen LogP contribution in [0, 0.1) is 0 Å². The number of hydrogen-bond acceptors (Lipinski definition) is 5. The van der Waals surface area contributed by atoms with Crippen LogP contribution in [0.5, 0.6) is 0 Å². The van der Waals surface area contributed by atoms with E-state index in [1.165, 1.54) is 11.6 Å². The van der Waals surface area contributed by atoms with Crippen LogP contribution in [0.3, 0.4) is 0 Å². The van der Waals surface area contributed by atoms with E-state index in [1.807, 2.05) is 65.2 Å². The molecule has 0 spiro atoms. The number of nitrogens with zero attached hydrogens (tertiary/aromatic N) is 6. The van der Waals surface area contributed by atoms with Crippen molar-refractivity contribution in [3.8, 4) is 11.4 Å². The summed E-state index contributed by atoms with van der Waals surface area (Å²) in [7, 11) is 3.05. The molecule has 0 N–H and O–H groups in total. The number of imidazole rings is 1. The molecule has 0 aliphatic heterocycles. The molecule has 3 heterocycles. The zero-order chi connectivity index (χ0) is 20.8. The molecule has 0 radical (unpaired) electrons. The van der Waals surface area contributed by atoms with Crippen LogP contribution in [-0.4, -0.2) is 28.9 Å². The fourth-order valence-corrected chi connectivity index (χ4v) is 3.74. The Bertz CT molecular complexity index is 1510. The van der Waals surface area contributed by atoms with E-state index in [-0.39, 0.29) is 5.65 Å². The minimum Gasteiger partial charge on any atom is -0.317 e. The number of aryl methyl sites for hydroxylation is 1. The average molecular weight is 398 g/mol. The molecule has 0 unspecified atom stereocenters. The highest BCUT2D eigenvalue weighted by Gasteiger charge is 2.21. The summed E-state index contributed by atoms with van der Waals surface area (Å²) in [5.74, 6) is 0.687. The summed E-state index contributed by atoms with van der Waals surface area (Å²) in [6.45, 7) is 0.494. The smallest absolute Gasteiger partial charge is 0.317 e. The van der Waals surface area contributed by atoms with Crippen molar-refractivity contribution in [1.82, 2.24) is 28.9 Å². The molecule has 0 amide bonds. The van der Waals surface area contributed by atoms with Crippen molar-refractivity contribution in [2.45, 2.75) is 6.54 Å². The topological polar surface area (TPSA) is 87.6 Å². The molecule has 0 atom stereocenters. The van der Waals surface area contributed by atoms with E-state index in [4.69, 9.17) is 4.98 Å². The molecule has 2 aromatic carbocycles. The molecule has 5 aromatic rings. The third-order valence-electron chi connectivity index (χ3n) is 5.27. The van der Waals surface area contributed by atoms with Crippen molar-refractivity contribution in [3.05, 3.63) is 87.1 Å². The maximum Gasteiger partial charge on any atom is 0.332 e. The highest BCUT2D eigenvalue weighted by atomic mass is 16.2. The Morgan fingerprint density at radius 2 is 1.50 bits per heavy atom. The fraction of sp³-hybridized carbons (Fsp3) is 0.136. The number of rotatable bonds is 3. The van der Waals surface area contributed by atoms with Gasteiger partial charge in [0.05, 0.1) is 0 Å². The van der Waals surface area contributed by atoms with E-state index in [0.717, 1.165) is 15.7 Å². The number of fused-ring (bicyclic) bond motifs is 3. The molecule has 148 valence electrons. The first kappa shape index (κ1) is 18.0. The Morgan fingerprint density at radius 1 is 0.833 bits per heavy atom. The van der Waals surface area contributed by atoms with Gasteiger partial charge in [0, 0.05) is 26.2 Å². The van der Waals surface area contributed by atoms with E-state index in [9.17, 15) is 9.59 Å². The summed E-state index contributed by atoms with van der Waals surface area (Å²) >= 11 is 0. The molecular formula is C22H18N6O2. The second kappa shape index (κ2) is 6.77. The number of hydrogen-bond donors (Lipinski definition) is 0. The summed E-state index contributed by atoms with van der Waals surface area (Å²) in [5, 5.41) is 8.72. The molecule has 0 aliphatic carbocycles. The zero-order valence-electron chi connectivity index (χ0n) is 16.5. The Hall–Kier alpha value is -4.07. The van der Waals surface area contributed by atoms with Gasteiger partial charge in [-0.15, -0.1) is 10.2 Å². The molecular weight excluding hydrogens is 380 g/mol. The lowest BCUT2D eigenvalue weighted by Crippen LogP contribution is -2.37. The van der Waals surface area contributed by atoms with Crippen LogP contribution in [0.25, 0.3) is 33.6 Å². The maximum atomic E-state index is 13.1. The Balaban J connectivity index is 1.94. The second-order valence-electron chi connectivity index (χ2n) is 7.15. The second-order valence-corrected chi connectivity index (χ2v) is 7.15. The molecule has 3 aromatic heterocycles. The van der Waals surface area contributed by atoms with Crippen molar-refractivity contribution in [3.63, 3.8) is 0 Å². The number of aromatic nitrogens is 6. The van der Waals surface area contributed by atoms with Crippen LogP contribution in [0.1, 0.15) is 5.56 Å². The Labute approximate surface area is 170 Å². The standard InChI is InChI=1S/C22H18N6O2/c1-26-20-16(21(29)27(2)22(26)30)17-18(24-25-20)23-19(15-11-7-4-8-12-15)28(17)13-14-9-5-3-6-10-14/h3-12H,13H2,1-2H3. The third kappa shape index (κ3) is 2.65. The molecule has 30 heavy (non-hydrogen) atoms. The maximum absolute atomic E-state index is 13.1. The van der Waals surface area contributed by atoms with Gasteiger partial charge in [-0.05, 0) is 5.56 Å². The van der Waals surface area contributed by atoms with Gasteiger partial charge in [-0.2, -0.15) is 0 Å². The van der Waals surface area contributed by atoms with E-state index in [1.54, 1.807) is 7.05 Å². The van der Waals surface area contributed by atoms with Crippen LogP contribution >= 0.6 is 0 Å². The van der Waals surface area contributed by atoms with Crippen LogP contribution in [0.2, 0.25) is 0 Å². The molecule has 8 heteroatoms. The van der Waals surface area contributed by atoms with Gasteiger partial charge in [-0.3, -0.25) is 13.9 Å². The summed E-state index contributed by atoms with van der Waals surface area (Å²) in [6, 6.07) is 19.7. The third-order valence-corrected chi connectivity index (χ3v) is 5.27. The molecule has 0 aliphatic rings. The minimum atomic E-state index is -0.446. The Morgan fingerprint density at radius 3 is 2.20 bits per heavy atom. The largest absolute Gasteiger partial charge is 0.332 e. The lowest BCUT2D eigenvalue weighted by atomic mass is 10.2. The normalized spacial score (nSPS) is 11.4. The lowest BCUT2D eigenvalue weighted by molar-refractivity contribution is 0.703. The van der Waals surface area contributed by atoms with Crippen molar-refractivity contribution >= 4 is 22.2 Å². The quantitative estimate of drug-likeness (QED) is 0.464. The van der Waals surface area contributed by atoms with Gasteiger partial charge in [0.25, 0.3) is 5.56 Å². The first-order chi connectivity index (χ1) is 14.6. The van der Waals surface area contributed by atoms with Gasteiger partial charge in [0.1, 0.15) is 16.7 Å². The van der Waals surface area contributed by atoms with E-state index >= 15 is 0 Å². The van der Waals surface area contributed by atoms with Crippen molar-refractivity contribution in [2.24, 2.45) is 14.1 Å². The molecule has 0 saturated carbocycles. The van der Waals surface area contributed by atoms with E-state index in [0.29, 0.717) is 28.9 Å². The number of benzene rings is 2. The van der Waals surface area contributed by atoms with Gasteiger partial charge >= 0.3 is 5.69 Å². The van der Waals surface area contributed by atoms with E-state index < -0.39 is 11.2 Å². The van der Waals surface area contributed by atoms with Crippen LogP contribution in [0.4, 0.5) is 0 Å². The molecule has 0 bridgehead atoms. The predicted molar refractivity (Wildman–Crippen MR) is 114 cm³/mol. The minimum absolute atomic E-state index is 0.240. The predicted octanol–water partition coefficient (Wildman–Crippen LogP) is 2.09. The lowest BCUT2D eigenvalue weighted by Gasteiger charge is -2.11. The van der Waals surface area contributed by atoms with E-state index in [2.05, 4.69) is 10.2 Å². The van der Waals surface area contributed by atoms with Crippen molar-refractivity contribution < 1.29 is 0 Å². The first-order valence-corrected chi connectivity index (χ1v) is 9.48. The average Bonchev–Trinajstić information content (AvgIpc) is 3.15. The summed E-state index contributed by atoms with van der Waals surface area (Å²) in [6.07, 6.45) is 0. The van der Waals surface area contributed by atoms with Crippen LogP contribution < -0.4 is 11.2 Å². The SMILES string of the molecule is Cn1c(=O)c2c3c(nnc2n(C)c1=O)nc(-c1ccccc1)n3Cc1ccccc1. The van der Waals surface area contributed by atoms with Gasteiger partial charge < -0.3 is 4.57 Å². The van der Waals surface area contributed by atoms with Gasteiger partial charge in [-0.1, -0.05) is 60.7 Å². The summed E-state index contributed by atoms with van der Waals surface area (Å²) in [5.41, 5.74) is 2.28. The van der Waals surface area contributed by atoms with Crippen molar-refractivity contribution in [1.29, 1.82) is 0 Å².